The van der Waals surface area contributed by atoms with E-state index in [1.54, 1.807) is 0 Å². The van der Waals surface area contributed by atoms with Crippen molar-refractivity contribution in [1.82, 2.24) is 9.80 Å². The Morgan fingerprint density at radius 2 is 1.18 bits per heavy atom. The number of carbonyl (C=O) groups is 2. The first-order chi connectivity index (χ1) is 23.5. The second-order valence-electron chi connectivity index (χ2n) is 14.8. The predicted octanol–water partition coefficient (Wildman–Crippen LogP) is 6.41. The van der Waals surface area contributed by atoms with Crippen molar-refractivity contribution in [3.63, 3.8) is 0 Å². The van der Waals surface area contributed by atoms with Crippen molar-refractivity contribution in [1.29, 1.82) is 0 Å². The van der Waals surface area contributed by atoms with E-state index < -0.39 is 19.9 Å². The van der Waals surface area contributed by atoms with Gasteiger partial charge in [0.15, 0.2) is 8.32 Å². The van der Waals surface area contributed by atoms with Gasteiger partial charge in [-0.2, -0.15) is 0 Å². The maximum Gasteiger partial charge on any atom is 0.320 e. The number of esters is 2. The molecule has 0 radical (unpaired) electrons. The molecule has 0 saturated heterocycles. The van der Waals surface area contributed by atoms with E-state index in [1.165, 1.54) is 0 Å². The Labute approximate surface area is 299 Å². The summed E-state index contributed by atoms with van der Waals surface area (Å²) in [5.41, 5.74) is 3.77. The van der Waals surface area contributed by atoms with Gasteiger partial charge in [0.2, 0.25) is 11.6 Å². The van der Waals surface area contributed by atoms with Crippen LogP contribution in [-0.2, 0) is 59.3 Å². The van der Waals surface area contributed by atoms with Gasteiger partial charge in [-0.15, -0.1) is 0 Å². The third-order valence-corrected chi connectivity index (χ3v) is 9.74. The second kappa shape index (κ2) is 17.0. The van der Waals surface area contributed by atoms with Crippen molar-refractivity contribution in [2.45, 2.75) is 124 Å². The Bertz CT molecular complexity index is 1460. The highest BCUT2D eigenvalue weighted by Gasteiger charge is 2.38. The van der Waals surface area contributed by atoms with Crippen LogP contribution in [0.25, 0.3) is 0 Å². The molecule has 12 heteroatoms. The molecule has 0 aromatic heterocycles. The molecular weight excluding hydrogens is 657 g/mol. The van der Waals surface area contributed by atoms with Gasteiger partial charge < -0.3 is 32.8 Å². The zero-order valence-corrected chi connectivity index (χ0v) is 32.8. The van der Waals surface area contributed by atoms with E-state index in [0.29, 0.717) is 39.3 Å². The number of para-hydroxylation sites is 2. The lowest BCUT2D eigenvalue weighted by Gasteiger charge is -2.43. The standard InChI is InChI=1S/C38H58N2O9Si/c1-11-31(39(22-33(41)43-12-2)20-27-16-14-18-29-24-45-37(4,5)48-35(27)29)32(26-47-50(8,9)10)40(23-34(42)44-13-3)21-28-17-15-19-30-25-46-38(6,7)49-36(28)30/h14-19,31-32H,11-13,20-26H2,1-10H3. The molecule has 0 spiro atoms. The zero-order chi connectivity index (χ0) is 36.7. The number of carbonyl (C=O) groups excluding carboxylic acids is 2. The summed E-state index contributed by atoms with van der Waals surface area (Å²) < 4.78 is 42.3. The minimum absolute atomic E-state index is 0.0241. The van der Waals surface area contributed by atoms with E-state index in [2.05, 4.69) is 36.4 Å². The smallest absolute Gasteiger partial charge is 0.320 e. The fraction of sp³-hybridized carbons (Fsp3) is 0.632. The van der Waals surface area contributed by atoms with Crippen molar-refractivity contribution < 1.29 is 42.4 Å². The fourth-order valence-electron chi connectivity index (χ4n) is 6.40. The van der Waals surface area contributed by atoms with Crippen LogP contribution in [0.2, 0.25) is 19.6 Å². The minimum atomic E-state index is -2.03. The third kappa shape index (κ3) is 11.0. The minimum Gasteiger partial charge on any atom is -0.465 e. The Morgan fingerprint density at radius 1 is 0.740 bits per heavy atom. The average Bonchev–Trinajstić information content (AvgIpc) is 3.02. The lowest BCUT2D eigenvalue weighted by atomic mass is 9.98. The predicted molar refractivity (Wildman–Crippen MR) is 193 cm³/mol. The summed E-state index contributed by atoms with van der Waals surface area (Å²) in [5, 5.41) is 0. The summed E-state index contributed by atoms with van der Waals surface area (Å²) >= 11 is 0. The summed E-state index contributed by atoms with van der Waals surface area (Å²) in [4.78, 5) is 30.9. The molecule has 2 heterocycles. The number of hydrogen-bond donors (Lipinski definition) is 0. The molecule has 0 fully saturated rings. The van der Waals surface area contributed by atoms with Crippen molar-refractivity contribution in [2.24, 2.45) is 0 Å². The number of hydrogen-bond acceptors (Lipinski definition) is 11. The highest BCUT2D eigenvalue weighted by molar-refractivity contribution is 6.69. The van der Waals surface area contributed by atoms with Crippen molar-refractivity contribution in [2.75, 3.05) is 32.9 Å². The van der Waals surface area contributed by atoms with E-state index >= 15 is 0 Å². The molecule has 4 rings (SSSR count). The number of fused-ring (bicyclic) bond motifs is 2. The molecule has 0 saturated carbocycles. The van der Waals surface area contributed by atoms with Gasteiger partial charge in [0.1, 0.15) is 11.5 Å². The molecule has 2 aromatic rings. The van der Waals surface area contributed by atoms with E-state index in [9.17, 15) is 9.59 Å². The van der Waals surface area contributed by atoms with Crippen LogP contribution in [0, 0.1) is 0 Å². The van der Waals surface area contributed by atoms with Gasteiger partial charge in [0.05, 0.1) is 46.1 Å². The molecule has 2 aromatic carbocycles. The summed E-state index contributed by atoms with van der Waals surface area (Å²) in [6, 6.07) is 11.5. The van der Waals surface area contributed by atoms with Crippen LogP contribution in [0.4, 0.5) is 0 Å². The average molecular weight is 715 g/mol. The molecule has 0 aliphatic carbocycles. The van der Waals surface area contributed by atoms with Crippen molar-refractivity contribution >= 4 is 20.3 Å². The molecule has 0 bridgehead atoms. The van der Waals surface area contributed by atoms with Gasteiger partial charge >= 0.3 is 11.9 Å². The third-order valence-electron chi connectivity index (χ3n) is 8.71. The van der Waals surface area contributed by atoms with Crippen LogP contribution in [-0.4, -0.2) is 86.6 Å². The molecule has 2 aliphatic heterocycles. The van der Waals surface area contributed by atoms with Gasteiger partial charge in [-0.3, -0.25) is 19.4 Å². The highest BCUT2D eigenvalue weighted by atomic mass is 28.4. The monoisotopic (exact) mass is 714 g/mol. The maximum absolute atomic E-state index is 13.3. The summed E-state index contributed by atoms with van der Waals surface area (Å²) in [5.74, 6) is -0.719. The van der Waals surface area contributed by atoms with Gasteiger partial charge in [0.25, 0.3) is 0 Å². The quantitative estimate of drug-likeness (QED) is 0.134. The van der Waals surface area contributed by atoms with E-state index in [0.717, 1.165) is 33.8 Å². The first-order valence-corrected chi connectivity index (χ1v) is 21.3. The molecule has 50 heavy (non-hydrogen) atoms. The molecule has 0 N–H and O–H groups in total. The van der Waals surface area contributed by atoms with Crippen LogP contribution in [0.5, 0.6) is 11.5 Å². The Morgan fingerprint density at radius 3 is 1.58 bits per heavy atom. The zero-order valence-electron chi connectivity index (χ0n) is 31.8. The van der Waals surface area contributed by atoms with Gasteiger partial charge in [-0.1, -0.05) is 43.3 Å². The van der Waals surface area contributed by atoms with Crippen LogP contribution in [0.1, 0.15) is 77.1 Å². The Hall–Kier alpha value is -3.00. The lowest BCUT2D eigenvalue weighted by Crippen LogP contribution is -2.56. The summed E-state index contributed by atoms with van der Waals surface area (Å²) in [6.07, 6.45) is 0.660. The number of benzene rings is 2. The molecule has 11 nitrogen and oxygen atoms in total. The molecule has 2 unspecified atom stereocenters. The fourth-order valence-corrected chi connectivity index (χ4v) is 7.07. The van der Waals surface area contributed by atoms with Crippen LogP contribution in [0.15, 0.2) is 36.4 Å². The second-order valence-corrected chi connectivity index (χ2v) is 19.3. The molecule has 2 atom stereocenters. The largest absolute Gasteiger partial charge is 0.465 e. The summed E-state index contributed by atoms with van der Waals surface area (Å²) in [7, 11) is -2.03. The summed E-state index contributed by atoms with van der Waals surface area (Å²) in [6.45, 7) is 22.4. The van der Waals surface area contributed by atoms with Crippen LogP contribution < -0.4 is 9.47 Å². The highest BCUT2D eigenvalue weighted by Crippen LogP contribution is 2.37. The Balaban J connectivity index is 1.81. The van der Waals surface area contributed by atoms with Gasteiger partial charge in [-0.05, 0) is 39.9 Å². The SMILES string of the molecule is CCOC(=O)CN(Cc1cccc2c1OC(C)(C)OC2)C(CC)C(CO[Si](C)(C)C)N(CC(=O)OCC)Cc1cccc2c1OC(C)(C)OC2. The Kier molecular flexibility index (Phi) is 13.5. The number of nitrogens with zero attached hydrogens (tertiary/aromatic N) is 2. The topological polar surface area (TPSA) is 105 Å². The molecule has 278 valence electrons. The molecule has 0 amide bonds. The normalized spacial score (nSPS) is 17.6. The molecular formula is C38H58N2O9Si. The van der Waals surface area contributed by atoms with Crippen LogP contribution >= 0.6 is 0 Å². The van der Waals surface area contributed by atoms with Gasteiger partial charge in [-0.25, -0.2) is 0 Å². The van der Waals surface area contributed by atoms with E-state index in [1.807, 2.05) is 77.9 Å². The maximum atomic E-state index is 13.3. The van der Waals surface area contributed by atoms with E-state index in [4.69, 9.17) is 32.8 Å². The van der Waals surface area contributed by atoms with Crippen LogP contribution in [0.3, 0.4) is 0 Å². The van der Waals surface area contributed by atoms with E-state index in [-0.39, 0.29) is 50.3 Å². The van der Waals surface area contributed by atoms with Crippen molar-refractivity contribution in [3.05, 3.63) is 58.7 Å². The lowest BCUT2D eigenvalue weighted by molar-refractivity contribution is -0.181. The first-order valence-electron chi connectivity index (χ1n) is 17.9. The molecule has 2 aliphatic rings. The number of ether oxygens (including phenoxy) is 6. The first kappa shape index (κ1) is 39.8. The van der Waals surface area contributed by atoms with Gasteiger partial charge in [0, 0.05) is 75.1 Å². The number of rotatable bonds is 17. The van der Waals surface area contributed by atoms with Crippen molar-refractivity contribution in [3.8, 4) is 11.5 Å².